The van der Waals surface area contributed by atoms with Gasteiger partial charge in [0, 0.05) is 107 Å². The minimum Gasteiger partial charge on any atom is -0.494 e. The predicted octanol–water partition coefficient (Wildman–Crippen LogP) is 5.34. The maximum absolute atomic E-state index is 13.4. The minimum absolute atomic E-state index is 0.0218. The maximum atomic E-state index is 13.4. The van der Waals surface area contributed by atoms with Gasteiger partial charge in [-0.15, -0.1) is 0 Å². The van der Waals surface area contributed by atoms with Crippen LogP contribution in [0.2, 0.25) is 5.02 Å². The number of hydrogen-bond donors (Lipinski definition) is 3. The number of methoxy groups -OCH3 is 1. The number of piperidine rings is 1. The Morgan fingerprint density at radius 3 is 2.32 bits per heavy atom. The minimum atomic E-state index is -0.321. The van der Waals surface area contributed by atoms with Crippen molar-refractivity contribution >= 4 is 83.3 Å². The summed E-state index contributed by atoms with van der Waals surface area (Å²) in [6, 6.07) is 23.1. The number of aromatic nitrogens is 2. The highest BCUT2D eigenvalue weighted by atomic mass is 35.5. The number of hydrogen-bond acceptors (Lipinski definition) is 12. The third-order valence-electron chi connectivity index (χ3n) is 11.6. The fraction of sp³-hybridized carbons (Fsp3) is 0.419. The Morgan fingerprint density at radius 1 is 0.915 bits per heavy atom. The Morgan fingerprint density at radius 2 is 1.63 bits per heavy atom. The quantitative estimate of drug-likeness (QED) is 0.105. The van der Waals surface area contributed by atoms with E-state index in [9.17, 15) is 14.4 Å². The van der Waals surface area contributed by atoms with Gasteiger partial charge in [-0.2, -0.15) is 4.98 Å². The lowest BCUT2D eigenvalue weighted by Crippen LogP contribution is -2.59. The molecule has 14 nitrogen and oxygen atoms in total. The number of amides is 3. The Labute approximate surface area is 353 Å². The SMILES string of the molecule is COc1cc(N2CCC(N3CCN(C(=O)C4CN(c5ccc(N(C)CCC(=O)NC=O)cc5)C4)CC3)CC2)ccc1Nc1ncc(Cl)c(Nc2ccccc2P(C)C)n1. The van der Waals surface area contributed by atoms with Crippen molar-refractivity contribution in [1.82, 2.24) is 25.1 Å². The van der Waals surface area contributed by atoms with Crippen molar-refractivity contribution in [2.24, 2.45) is 5.92 Å². The first-order valence-corrected chi connectivity index (χ1v) is 22.8. The van der Waals surface area contributed by atoms with Crippen molar-refractivity contribution < 1.29 is 19.1 Å². The summed E-state index contributed by atoms with van der Waals surface area (Å²) in [4.78, 5) is 55.9. The van der Waals surface area contributed by atoms with Gasteiger partial charge in [0.25, 0.3) is 0 Å². The number of nitrogens with zero attached hydrogens (tertiary/aromatic N) is 7. The summed E-state index contributed by atoms with van der Waals surface area (Å²) in [5.74, 6) is 1.65. The topological polar surface area (TPSA) is 139 Å². The number of benzene rings is 3. The molecule has 0 spiro atoms. The van der Waals surface area contributed by atoms with Gasteiger partial charge in [-0.25, -0.2) is 4.98 Å². The highest BCUT2D eigenvalue weighted by Gasteiger charge is 2.37. The Balaban J connectivity index is 0.852. The van der Waals surface area contributed by atoms with Gasteiger partial charge < -0.3 is 35.0 Å². The zero-order valence-corrected chi connectivity index (χ0v) is 35.9. The van der Waals surface area contributed by atoms with Crippen LogP contribution in [0.4, 0.5) is 40.2 Å². The zero-order chi connectivity index (χ0) is 41.5. The monoisotopic (exact) mass is 840 g/mol. The second-order valence-electron chi connectivity index (χ2n) is 15.5. The van der Waals surface area contributed by atoms with Gasteiger partial charge >= 0.3 is 0 Å². The second kappa shape index (κ2) is 19.3. The standard InChI is InChI=1S/C43H54ClN10O4P/c1-50(18-17-40(56)46-29-55)31-9-11-32(12-10-31)54-27-30(28-54)42(57)53-23-21-52(22-24-53)33-15-19-51(20-16-33)34-13-14-36(38(25-34)58-2)48-43-45-26-35(44)41(49-43)47-37-7-5-6-8-39(37)59(3)4/h5-14,25-26,29-30,33H,15-24,27-28H2,1-4H3,(H,46,55,56)(H2,45,47,48,49). The Hall–Kier alpha value is -5.17. The van der Waals surface area contributed by atoms with Crippen LogP contribution in [0.15, 0.2) is 72.9 Å². The lowest BCUT2D eigenvalue weighted by Gasteiger charge is -2.46. The fourth-order valence-corrected chi connectivity index (χ4v) is 9.20. The Kier molecular flexibility index (Phi) is 13.7. The molecule has 0 atom stereocenters. The van der Waals surface area contributed by atoms with Crippen LogP contribution >= 0.6 is 19.5 Å². The number of rotatable bonds is 15. The highest BCUT2D eigenvalue weighted by Crippen LogP contribution is 2.35. The van der Waals surface area contributed by atoms with Crippen molar-refractivity contribution in [3.63, 3.8) is 0 Å². The molecule has 4 heterocycles. The molecule has 0 unspecified atom stereocenters. The van der Waals surface area contributed by atoms with Gasteiger partial charge in [0.2, 0.25) is 24.2 Å². The van der Waals surface area contributed by atoms with Crippen LogP contribution in [-0.4, -0.2) is 130 Å². The number of imide groups is 1. The van der Waals surface area contributed by atoms with Crippen LogP contribution in [0.3, 0.4) is 0 Å². The molecule has 312 valence electrons. The molecule has 4 aromatic rings. The molecule has 3 aliphatic rings. The van der Waals surface area contributed by atoms with E-state index in [0.717, 1.165) is 93.6 Å². The summed E-state index contributed by atoms with van der Waals surface area (Å²) in [6.07, 6.45) is 4.38. The van der Waals surface area contributed by atoms with Gasteiger partial charge in [0.15, 0.2) is 5.82 Å². The third-order valence-corrected chi connectivity index (χ3v) is 13.2. The number of nitrogens with one attached hydrogen (secondary N) is 3. The van der Waals surface area contributed by atoms with Crippen molar-refractivity contribution in [2.75, 3.05) is 112 Å². The average Bonchev–Trinajstić information content (AvgIpc) is 3.24. The number of para-hydroxylation sites is 1. The fourth-order valence-electron chi connectivity index (χ4n) is 8.07. The van der Waals surface area contributed by atoms with Gasteiger partial charge in [0.05, 0.1) is 24.9 Å². The second-order valence-corrected chi connectivity index (χ2v) is 18.2. The molecule has 1 aromatic heterocycles. The lowest BCUT2D eigenvalue weighted by molar-refractivity contribution is -0.138. The number of carbonyl (C=O) groups excluding carboxylic acids is 3. The number of piperazine rings is 1. The molecule has 0 aliphatic carbocycles. The van der Waals surface area contributed by atoms with E-state index in [0.29, 0.717) is 41.5 Å². The molecule has 0 bridgehead atoms. The van der Waals surface area contributed by atoms with E-state index < -0.39 is 0 Å². The molecule has 3 fully saturated rings. The lowest BCUT2D eigenvalue weighted by atomic mass is 9.96. The normalized spacial score (nSPS) is 16.4. The van der Waals surface area contributed by atoms with Gasteiger partial charge in [-0.1, -0.05) is 37.7 Å². The number of anilines is 7. The van der Waals surface area contributed by atoms with E-state index in [1.54, 1.807) is 13.3 Å². The van der Waals surface area contributed by atoms with Crippen LogP contribution in [0.25, 0.3) is 0 Å². The smallest absolute Gasteiger partial charge is 0.229 e. The molecule has 3 saturated heterocycles. The zero-order valence-electron chi connectivity index (χ0n) is 34.2. The van der Waals surface area contributed by atoms with E-state index >= 15 is 0 Å². The van der Waals surface area contributed by atoms with Gasteiger partial charge in [-0.05, 0) is 73.9 Å². The third kappa shape index (κ3) is 10.2. The van der Waals surface area contributed by atoms with Crippen LogP contribution in [0.1, 0.15) is 19.3 Å². The van der Waals surface area contributed by atoms with E-state index in [1.165, 1.54) is 5.30 Å². The first-order chi connectivity index (χ1) is 28.6. The van der Waals surface area contributed by atoms with Crippen molar-refractivity contribution in [1.29, 1.82) is 0 Å². The average molecular weight is 841 g/mol. The molecule has 3 amide bonds. The van der Waals surface area contributed by atoms with Gasteiger partial charge in [-0.3, -0.25) is 24.6 Å². The van der Waals surface area contributed by atoms with Crippen LogP contribution in [0.5, 0.6) is 5.75 Å². The van der Waals surface area contributed by atoms with E-state index in [4.69, 9.17) is 21.3 Å². The van der Waals surface area contributed by atoms with Crippen molar-refractivity contribution in [3.05, 3.63) is 77.9 Å². The summed E-state index contributed by atoms with van der Waals surface area (Å²) in [5.41, 5.74) is 4.95. The van der Waals surface area contributed by atoms with Crippen LogP contribution < -0.4 is 40.7 Å². The molecular formula is C43H54ClN10O4P. The predicted molar refractivity (Wildman–Crippen MR) is 239 cm³/mol. The summed E-state index contributed by atoms with van der Waals surface area (Å²) >= 11 is 6.52. The number of ether oxygens (including phenoxy) is 1. The molecule has 3 N–H and O–H groups in total. The summed E-state index contributed by atoms with van der Waals surface area (Å²) in [5, 5.41) is 10.6. The summed E-state index contributed by atoms with van der Waals surface area (Å²) < 4.78 is 5.83. The first kappa shape index (κ1) is 42.0. The van der Waals surface area contributed by atoms with E-state index in [-0.39, 0.29) is 32.1 Å². The highest BCUT2D eigenvalue weighted by molar-refractivity contribution is 7.64. The first-order valence-electron chi connectivity index (χ1n) is 20.2. The molecule has 16 heteroatoms. The molecular weight excluding hydrogens is 787 g/mol. The van der Waals surface area contributed by atoms with Gasteiger partial charge in [0.1, 0.15) is 10.8 Å². The van der Waals surface area contributed by atoms with Crippen LogP contribution in [0, 0.1) is 5.92 Å². The van der Waals surface area contributed by atoms with Crippen LogP contribution in [-0.2, 0) is 14.4 Å². The molecule has 3 aliphatic heterocycles. The largest absolute Gasteiger partial charge is 0.494 e. The molecule has 3 aromatic carbocycles. The molecule has 59 heavy (non-hydrogen) atoms. The number of halogens is 1. The molecule has 0 saturated carbocycles. The molecule has 7 rings (SSSR count). The summed E-state index contributed by atoms with van der Waals surface area (Å²) in [6.45, 7) is 11.6. The number of carbonyl (C=O) groups is 3. The maximum Gasteiger partial charge on any atom is 0.229 e. The van der Waals surface area contributed by atoms with E-state index in [1.807, 2.05) is 48.3 Å². The van der Waals surface area contributed by atoms with Crippen molar-refractivity contribution in [3.8, 4) is 5.75 Å². The summed E-state index contributed by atoms with van der Waals surface area (Å²) in [7, 11) is 3.27. The Bertz CT molecular complexity index is 2090. The molecule has 0 radical (unpaired) electrons. The van der Waals surface area contributed by atoms with E-state index in [2.05, 4.69) is 84.2 Å². The van der Waals surface area contributed by atoms with Crippen molar-refractivity contribution in [2.45, 2.75) is 25.3 Å².